The van der Waals surface area contributed by atoms with E-state index in [4.69, 9.17) is 0 Å². The van der Waals surface area contributed by atoms with Crippen LogP contribution in [0.1, 0.15) is 24.4 Å². The maximum absolute atomic E-state index is 13.6. The van der Waals surface area contributed by atoms with Gasteiger partial charge in [-0.1, -0.05) is 0 Å². The molecule has 158 valence electrons. The molecule has 2 aromatic heterocycles. The van der Waals surface area contributed by atoms with Crippen molar-refractivity contribution in [1.82, 2.24) is 19.5 Å². The van der Waals surface area contributed by atoms with Crippen molar-refractivity contribution in [2.75, 3.05) is 5.32 Å². The number of nitrogens with one attached hydrogen (secondary N) is 1. The normalized spacial score (nSPS) is 13.9. The maximum Gasteiger partial charge on any atom is 0.435 e. The molecular weight excluding hydrogens is 409 g/mol. The number of benzene rings is 1. The Morgan fingerprint density at radius 1 is 1.03 bits per heavy atom. The molecule has 0 unspecified atom stereocenters. The van der Waals surface area contributed by atoms with Gasteiger partial charge in [0.25, 0.3) is 0 Å². The van der Waals surface area contributed by atoms with E-state index < -0.39 is 18.5 Å². The van der Waals surface area contributed by atoms with E-state index in [-0.39, 0.29) is 23.0 Å². The van der Waals surface area contributed by atoms with Crippen LogP contribution in [-0.4, -0.2) is 26.1 Å². The van der Waals surface area contributed by atoms with Crippen LogP contribution in [0.4, 0.5) is 33.5 Å². The highest BCUT2D eigenvalue weighted by Crippen LogP contribution is 2.38. The molecule has 1 N–H and O–H groups in total. The van der Waals surface area contributed by atoms with Crippen molar-refractivity contribution in [1.29, 1.82) is 0 Å². The summed E-state index contributed by atoms with van der Waals surface area (Å²) in [6.07, 6.45) is 0.0118. The number of fused-ring (bicyclic) bond motifs is 1. The van der Waals surface area contributed by atoms with Gasteiger partial charge in [-0.3, -0.25) is 4.98 Å². The first-order chi connectivity index (χ1) is 14.3. The lowest BCUT2D eigenvalue weighted by atomic mass is 10.1. The highest BCUT2D eigenvalue weighted by atomic mass is 19.4. The fraction of sp³-hybridized carbons (Fsp3) is 0.316. The SMILES string of the molecule is FC(F)Oc1ccc(Nc2cncc(-c3c(C(F)(F)F)nc4n3CCCC4)n2)cc1. The number of anilines is 2. The molecule has 0 saturated carbocycles. The summed E-state index contributed by atoms with van der Waals surface area (Å²) < 4.78 is 71.1. The fourth-order valence-corrected chi connectivity index (χ4v) is 3.35. The molecule has 0 saturated heterocycles. The Morgan fingerprint density at radius 2 is 1.80 bits per heavy atom. The lowest BCUT2D eigenvalue weighted by molar-refractivity contribution is -0.140. The topological polar surface area (TPSA) is 64.9 Å². The van der Waals surface area contributed by atoms with Gasteiger partial charge in [-0.15, -0.1) is 0 Å². The van der Waals surface area contributed by atoms with E-state index in [1.165, 1.54) is 36.7 Å². The summed E-state index contributed by atoms with van der Waals surface area (Å²) >= 11 is 0. The van der Waals surface area contributed by atoms with Crippen LogP contribution in [0, 0.1) is 0 Å². The number of halogens is 5. The summed E-state index contributed by atoms with van der Waals surface area (Å²) in [5.74, 6) is 0.573. The smallest absolute Gasteiger partial charge is 0.435 e. The minimum Gasteiger partial charge on any atom is -0.435 e. The van der Waals surface area contributed by atoms with Crippen LogP contribution in [0.3, 0.4) is 0 Å². The molecule has 6 nitrogen and oxygen atoms in total. The minimum atomic E-state index is -4.62. The van der Waals surface area contributed by atoms with E-state index >= 15 is 0 Å². The van der Waals surface area contributed by atoms with Gasteiger partial charge in [0.2, 0.25) is 0 Å². The zero-order valence-corrected chi connectivity index (χ0v) is 15.5. The molecule has 30 heavy (non-hydrogen) atoms. The van der Waals surface area contributed by atoms with Crippen LogP contribution in [0.2, 0.25) is 0 Å². The molecule has 0 spiro atoms. The number of hydrogen-bond donors (Lipinski definition) is 1. The van der Waals surface area contributed by atoms with E-state index in [1.807, 2.05) is 0 Å². The van der Waals surface area contributed by atoms with Crippen molar-refractivity contribution in [2.24, 2.45) is 0 Å². The molecule has 0 aliphatic carbocycles. The number of aryl methyl sites for hydroxylation is 1. The highest BCUT2D eigenvalue weighted by Gasteiger charge is 2.40. The van der Waals surface area contributed by atoms with E-state index in [1.54, 1.807) is 4.57 Å². The minimum absolute atomic E-state index is 0.0175. The highest BCUT2D eigenvalue weighted by molar-refractivity contribution is 5.63. The summed E-state index contributed by atoms with van der Waals surface area (Å²) in [6.45, 7) is -2.51. The van der Waals surface area contributed by atoms with Gasteiger partial charge in [-0.05, 0) is 37.1 Å². The van der Waals surface area contributed by atoms with Gasteiger partial charge in [0.05, 0.1) is 12.4 Å². The van der Waals surface area contributed by atoms with Crippen LogP contribution >= 0.6 is 0 Å². The average molecular weight is 425 g/mol. The molecule has 1 aliphatic rings. The van der Waals surface area contributed by atoms with Crippen LogP contribution < -0.4 is 10.1 Å². The van der Waals surface area contributed by atoms with Crippen LogP contribution in [0.25, 0.3) is 11.4 Å². The maximum atomic E-state index is 13.6. The van der Waals surface area contributed by atoms with Gasteiger partial charge in [-0.2, -0.15) is 22.0 Å². The predicted octanol–water partition coefficient (Wildman–Crippen LogP) is 5.04. The first-order valence-electron chi connectivity index (χ1n) is 9.12. The Balaban J connectivity index is 1.65. The number of hydrogen-bond acceptors (Lipinski definition) is 5. The van der Waals surface area contributed by atoms with E-state index in [0.717, 1.165) is 12.8 Å². The standard InChI is InChI=1S/C19H16F5N5O/c20-18(21)30-12-6-4-11(5-7-12)26-14-10-25-9-13(27-14)16-17(19(22,23)24)28-15-3-1-2-8-29(15)16/h4-7,9-10,18H,1-3,8H2,(H,26,27). The Kier molecular flexibility index (Phi) is 5.27. The Morgan fingerprint density at radius 3 is 2.50 bits per heavy atom. The summed E-state index contributed by atoms with van der Waals surface area (Å²) in [5.41, 5.74) is -0.548. The van der Waals surface area contributed by atoms with Crippen LogP contribution in [-0.2, 0) is 19.1 Å². The second kappa shape index (κ2) is 7.88. The van der Waals surface area contributed by atoms with Gasteiger partial charge in [0, 0.05) is 18.7 Å². The molecule has 4 rings (SSSR count). The molecular formula is C19H16F5N5O. The average Bonchev–Trinajstić information content (AvgIpc) is 3.10. The third kappa shape index (κ3) is 4.19. The van der Waals surface area contributed by atoms with Crippen LogP contribution in [0.5, 0.6) is 5.75 Å². The third-order valence-electron chi connectivity index (χ3n) is 4.58. The van der Waals surface area contributed by atoms with Gasteiger partial charge in [-0.25, -0.2) is 9.97 Å². The number of aromatic nitrogens is 4. The summed E-state index contributed by atoms with van der Waals surface area (Å²) in [4.78, 5) is 12.1. The Labute approximate surface area is 167 Å². The molecule has 1 aliphatic heterocycles. The third-order valence-corrected chi connectivity index (χ3v) is 4.58. The molecule has 3 aromatic rings. The molecule has 1 aromatic carbocycles. The van der Waals surface area contributed by atoms with Gasteiger partial charge in [0.15, 0.2) is 5.69 Å². The Hall–Kier alpha value is -3.24. The fourth-order valence-electron chi connectivity index (χ4n) is 3.35. The van der Waals surface area contributed by atoms with Gasteiger partial charge in [0.1, 0.15) is 28.8 Å². The zero-order valence-electron chi connectivity index (χ0n) is 15.5. The first-order valence-corrected chi connectivity index (χ1v) is 9.12. The molecule has 0 radical (unpaired) electrons. The molecule has 0 amide bonds. The molecule has 0 atom stereocenters. The monoisotopic (exact) mass is 425 g/mol. The second-order valence-electron chi connectivity index (χ2n) is 6.65. The first kappa shape index (κ1) is 20.0. The summed E-state index contributed by atoms with van der Waals surface area (Å²) in [7, 11) is 0. The summed E-state index contributed by atoms with van der Waals surface area (Å²) in [5, 5.41) is 2.90. The van der Waals surface area contributed by atoms with Crippen molar-refractivity contribution in [3.05, 3.63) is 48.2 Å². The number of imidazole rings is 1. The number of rotatable bonds is 5. The zero-order chi connectivity index (χ0) is 21.3. The van der Waals surface area contributed by atoms with Gasteiger partial charge < -0.3 is 14.6 Å². The van der Waals surface area contributed by atoms with Crippen molar-refractivity contribution in [3.8, 4) is 17.1 Å². The molecule has 11 heteroatoms. The van der Waals surface area contributed by atoms with Crippen LogP contribution in [0.15, 0.2) is 36.7 Å². The van der Waals surface area contributed by atoms with Crippen molar-refractivity contribution in [2.45, 2.75) is 38.6 Å². The van der Waals surface area contributed by atoms with Gasteiger partial charge >= 0.3 is 12.8 Å². The Bertz CT molecular complexity index is 1030. The molecule has 3 heterocycles. The molecule has 0 fully saturated rings. The number of ether oxygens (including phenoxy) is 1. The van der Waals surface area contributed by atoms with Crippen molar-refractivity contribution >= 4 is 11.5 Å². The van der Waals surface area contributed by atoms with E-state index in [9.17, 15) is 22.0 Å². The predicted molar refractivity (Wildman–Crippen MR) is 97.5 cm³/mol. The summed E-state index contributed by atoms with van der Waals surface area (Å²) in [6, 6.07) is 5.63. The number of nitrogens with zero attached hydrogens (tertiary/aromatic N) is 4. The van der Waals surface area contributed by atoms with E-state index in [2.05, 4.69) is 25.0 Å². The molecule has 0 bridgehead atoms. The number of alkyl halides is 5. The quantitative estimate of drug-likeness (QED) is 0.581. The van der Waals surface area contributed by atoms with E-state index in [0.29, 0.717) is 24.5 Å². The van der Waals surface area contributed by atoms with Crippen molar-refractivity contribution < 1.29 is 26.7 Å². The van der Waals surface area contributed by atoms with Crippen molar-refractivity contribution in [3.63, 3.8) is 0 Å². The largest absolute Gasteiger partial charge is 0.435 e. The lowest BCUT2D eigenvalue weighted by Gasteiger charge is -2.17. The second-order valence-corrected chi connectivity index (χ2v) is 6.65. The lowest BCUT2D eigenvalue weighted by Crippen LogP contribution is -2.13.